The second kappa shape index (κ2) is 11.2. The Morgan fingerprint density at radius 3 is 2.29 bits per heavy atom. The molecule has 6 rings (SSSR count). The number of nitrogens with zero attached hydrogens (tertiary/aromatic N) is 4. The zero-order chi connectivity index (χ0) is 29.7. The lowest BCUT2D eigenvalue weighted by molar-refractivity contribution is -0.131. The second-order valence-electron chi connectivity index (χ2n) is 10.6. The van der Waals surface area contributed by atoms with Gasteiger partial charge in [-0.05, 0) is 98.2 Å². The average Bonchev–Trinajstić information content (AvgIpc) is 3.42. The van der Waals surface area contributed by atoms with E-state index >= 15 is 0 Å². The Morgan fingerprint density at radius 2 is 1.69 bits per heavy atom. The summed E-state index contributed by atoms with van der Waals surface area (Å²) in [7, 11) is 0. The third-order valence-corrected chi connectivity index (χ3v) is 9.42. The predicted molar refractivity (Wildman–Crippen MR) is 169 cm³/mol. The number of aliphatic carboxylic acids is 1. The molecule has 42 heavy (non-hydrogen) atoms. The van der Waals surface area contributed by atoms with Crippen molar-refractivity contribution in [3.8, 4) is 0 Å². The minimum atomic E-state index is -1.20. The van der Waals surface area contributed by atoms with Crippen molar-refractivity contribution in [1.29, 1.82) is 0 Å². The van der Waals surface area contributed by atoms with Crippen LogP contribution in [0.25, 0.3) is 11.6 Å². The van der Waals surface area contributed by atoms with E-state index in [0.29, 0.717) is 15.7 Å². The van der Waals surface area contributed by atoms with Crippen LogP contribution in [0.4, 0.5) is 11.4 Å². The summed E-state index contributed by atoms with van der Waals surface area (Å²) in [6, 6.07) is 7.68. The number of carboxylic acid groups (broad SMARTS) is 1. The van der Waals surface area contributed by atoms with E-state index in [1.165, 1.54) is 38.8 Å². The molecule has 8 nitrogen and oxygen atoms in total. The summed E-state index contributed by atoms with van der Waals surface area (Å²) in [6.07, 6.45) is 8.29. The fourth-order valence-electron chi connectivity index (χ4n) is 5.99. The van der Waals surface area contributed by atoms with Gasteiger partial charge < -0.3 is 10.0 Å². The molecule has 1 amide bonds. The summed E-state index contributed by atoms with van der Waals surface area (Å²) in [5.74, 6) is -1.75. The molecule has 2 aromatic carbocycles. The van der Waals surface area contributed by atoms with Crippen LogP contribution in [0.3, 0.4) is 0 Å². The molecule has 0 saturated carbocycles. The third-order valence-electron chi connectivity index (χ3n) is 7.72. The number of benzene rings is 2. The Balaban J connectivity index is 1.54. The maximum atomic E-state index is 13.9. The number of carbonyl (C=O) groups excluding carboxylic acids is 1. The number of thiazole rings is 1. The number of carbonyl (C=O) groups is 2. The van der Waals surface area contributed by atoms with Crippen LogP contribution < -0.4 is 24.7 Å². The van der Waals surface area contributed by atoms with Crippen LogP contribution in [0.2, 0.25) is 10.0 Å². The smallest absolute Gasteiger partial charge is 0.328 e. The van der Waals surface area contributed by atoms with E-state index in [-0.39, 0.29) is 32.6 Å². The van der Waals surface area contributed by atoms with Crippen molar-refractivity contribution in [2.24, 2.45) is 5.10 Å². The van der Waals surface area contributed by atoms with E-state index < -0.39 is 11.9 Å². The molecule has 0 bridgehead atoms. The van der Waals surface area contributed by atoms with Crippen molar-refractivity contribution in [2.75, 3.05) is 23.0 Å². The minimum absolute atomic E-state index is 0.100. The van der Waals surface area contributed by atoms with Gasteiger partial charge in [0.25, 0.3) is 11.5 Å². The first kappa shape index (κ1) is 28.5. The van der Waals surface area contributed by atoms with Gasteiger partial charge in [-0.25, -0.2) is 4.79 Å². The summed E-state index contributed by atoms with van der Waals surface area (Å²) in [5.41, 5.74) is 5.93. The van der Waals surface area contributed by atoms with Crippen LogP contribution in [-0.4, -0.2) is 40.4 Å². The number of aromatic nitrogens is 1. The first-order valence-corrected chi connectivity index (χ1v) is 15.4. The van der Waals surface area contributed by atoms with Crippen LogP contribution in [0.1, 0.15) is 42.0 Å². The second-order valence-corrected chi connectivity index (χ2v) is 12.4. The van der Waals surface area contributed by atoms with Crippen molar-refractivity contribution in [1.82, 2.24) is 4.57 Å². The molecule has 1 aromatic heterocycles. The number of hydrogen-bond acceptors (Lipinski definition) is 6. The molecule has 4 heterocycles. The summed E-state index contributed by atoms with van der Waals surface area (Å²) >= 11 is 14.2. The van der Waals surface area contributed by atoms with E-state index in [9.17, 15) is 19.5 Å². The molecule has 0 unspecified atom stereocenters. The van der Waals surface area contributed by atoms with Crippen molar-refractivity contribution in [3.05, 3.63) is 88.3 Å². The zero-order valence-corrected chi connectivity index (χ0v) is 25.4. The summed E-state index contributed by atoms with van der Waals surface area (Å²) in [4.78, 5) is 41.5. The van der Waals surface area contributed by atoms with Gasteiger partial charge in [-0.1, -0.05) is 23.2 Å². The van der Waals surface area contributed by atoms with Gasteiger partial charge >= 0.3 is 5.97 Å². The maximum Gasteiger partial charge on any atom is 0.328 e. The topological polar surface area (TPSA) is 95.2 Å². The van der Waals surface area contributed by atoms with Crippen LogP contribution in [0, 0.1) is 6.92 Å². The molecule has 0 aliphatic carbocycles. The highest BCUT2D eigenvalue weighted by Gasteiger charge is 2.35. The number of rotatable bonds is 5. The number of anilines is 2. The van der Waals surface area contributed by atoms with Crippen molar-refractivity contribution in [2.45, 2.75) is 46.1 Å². The predicted octanol–water partition coefficient (Wildman–Crippen LogP) is 4.27. The summed E-state index contributed by atoms with van der Waals surface area (Å²) < 4.78 is 2.40. The number of hydrazone groups is 1. The highest BCUT2D eigenvalue weighted by molar-refractivity contribution is 7.08. The van der Waals surface area contributed by atoms with Crippen LogP contribution >= 0.6 is 34.5 Å². The summed E-state index contributed by atoms with van der Waals surface area (Å²) in [6.45, 7) is 6.13. The van der Waals surface area contributed by atoms with Gasteiger partial charge in [0.1, 0.15) is 21.6 Å². The Hall–Kier alpha value is -3.66. The number of allylic oxidation sites excluding steroid dienone is 1. The van der Waals surface area contributed by atoms with Gasteiger partial charge in [0.15, 0.2) is 0 Å². The third kappa shape index (κ3) is 4.99. The van der Waals surface area contributed by atoms with Crippen molar-refractivity contribution < 1.29 is 14.7 Å². The Labute approximate surface area is 256 Å². The SMILES string of the molecule is CCn1c(=O)/c(=C\c2cc3c4c(c2)CCCN4CCC3)s/c1=C1/C(=O)N(c2c(Cl)cc(C)cc2Cl)N=C1/C=C/C(=O)O. The van der Waals surface area contributed by atoms with E-state index in [4.69, 9.17) is 23.2 Å². The molecule has 3 aliphatic heterocycles. The standard InChI is InChI=1S/C31H28Cl2N4O4S/c1-3-36-29(40)24(16-18-14-19-6-4-10-35-11-5-7-20(15-18)27(19)35)42-31(36)26-23(8-9-25(38)39)34-37(30(26)41)28-21(32)12-17(2)13-22(28)33/h8-9,12-16H,3-7,10-11H2,1-2H3,(H,38,39)/b9-8+,24-16+,31-26+. The number of hydrogen-bond donors (Lipinski definition) is 1. The van der Waals surface area contributed by atoms with Gasteiger partial charge in [0.05, 0.1) is 14.6 Å². The van der Waals surface area contributed by atoms with Gasteiger partial charge in [-0.15, -0.1) is 11.3 Å². The Kier molecular flexibility index (Phi) is 7.59. The zero-order valence-electron chi connectivity index (χ0n) is 23.1. The molecular weight excluding hydrogens is 595 g/mol. The van der Waals surface area contributed by atoms with Crippen molar-refractivity contribution in [3.63, 3.8) is 0 Å². The molecule has 0 fully saturated rings. The number of carboxylic acids is 1. The lowest BCUT2D eigenvalue weighted by atomic mass is 9.90. The molecule has 11 heteroatoms. The lowest BCUT2D eigenvalue weighted by Gasteiger charge is -2.37. The quantitative estimate of drug-likeness (QED) is 0.429. The summed E-state index contributed by atoms with van der Waals surface area (Å²) in [5, 5.41) is 15.3. The van der Waals surface area contributed by atoms with E-state index in [1.807, 2.05) is 19.9 Å². The van der Waals surface area contributed by atoms with Crippen LogP contribution in [0.5, 0.6) is 0 Å². The maximum absolute atomic E-state index is 13.9. The highest BCUT2D eigenvalue weighted by atomic mass is 35.5. The fourth-order valence-corrected chi connectivity index (χ4v) is 7.96. The first-order valence-electron chi connectivity index (χ1n) is 13.8. The lowest BCUT2D eigenvalue weighted by Crippen LogP contribution is -2.34. The van der Waals surface area contributed by atoms with Gasteiger partial charge in [0, 0.05) is 31.4 Å². The monoisotopic (exact) mass is 622 g/mol. The molecule has 3 aromatic rings. The van der Waals surface area contributed by atoms with E-state index in [2.05, 4.69) is 22.1 Å². The average molecular weight is 624 g/mol. The molecule has 0 atom stereocenters. The highest BCUT2D eigenvalue weighted by Crippen LogP contribution is 2.38. The van der Waals surface area contributed by atoms with Crippen LogP contribution in [-0.2, 0) is 29.0 Å². The Morgan fingerprint density at radius 1 is 1.05 bits per heavy atom. The number of aryl methyl sites for hydroxylation is 3. The van der Waals surface area contributed by atoms with Gasteiger partial charge in [-0.2, -0.15) is 10.1 Å². The normalized spacial score (nSPS) is 18.2. The first-order chi connectivity index (χ1) is 20.2. The molecular formula is C31H28Cl2N4O4S. The minimum Gasteiger partial charge on any atom is -0.478 e. The van der Waals surface area contributed by atoms with E-state index in [0.717, 1.165) is 61.0 Å². The molecule has 216 valence electrons. The molecule has 0 radical (unpaired) electrons. The molecule has 0 spiro atoms. The largest absolute Gasteiger partial charge is 0.478 e. The van der Waals surface area contributed by atoms with Crippen molar-refractivity contribution >= 4 is 75.2 Å². The van der Waals surface area contributed by atoms with Gasteiger partial charge in [-0.3, -0.25) is 14.2 Å². The molecule has 1 N–H and O–H groups in total. The fraction of sp³-hybridized carbons (Fsp3) is 0.290. The number of amides is 1. The van der Waals surface area contributed by atoms with Crippen LogP contribution in [0.15, 0.2) is 46.3 Å². The van der Waals surface area contributed by atoms with Gasteiger partial charge in [0.2, 0.25) is 0 Å². The Bertz CT molecular complexity index is 1850. The number of halogens is 2. The van der Waals surface area contributed by atoms with E-state index in [1.54, 1.807) is 12.1 Å². The molecule has 0 saturated heterocycles. The molecule has 3 aliphatic rings.